The van der Waals surface area contributed by atoms with Crippen LogP contribution in [0.15, 0.2) is 0 Å². The molecule has 3 nitrogen and oxygen atoms in total. The van der Waals surface area contributed by atoms with E-state index in [4.69, 9.17) is 4.74 Å². The fourth-order valence-corrected chi connectivity index (χ4v) is 3.63. The first kappa shape index (κ1) is 14.3. The van der Waals surface area contributed by atoms with E-state index in [0.717, 1.165) is 32.6 Å². The summed E-state index contributed by atoms with van der Waals surface area (Å²) in [6, 6.07) is 0.612. The third-order valence-corrected chi connectivity index (χ3v) is 4.56. The van der Waals surface area contributed by atoms with Crippen molar-refractivity contribution in [1.29, 1.82) is 0 Å². The minimum absolute atomic E-state index is 0.0489. The first-order chi connectivity index (χ1) is 8.83. The standard InChI is InChI=1S/C15H29NO2/c1-2-11-18-12-10-16-9-4-3-7-14(16)13-6-5-8-15(13)17/h13-15,17H,2-12H2,1H3. The van der Waals surface area contributed by atoms with Crippen molar-refractivity contribution in [1.82, 2.24) is 4.90 Å². The molecule has 0 spiro atoms. The van der Waals surface area contributed by atoms with Crippen LogP contribution in [0.2, 0.25) is 0 Å². The molecule has 3 atom stereocenters. The lowest BCUT2D eigenvalue weighted by Gasteiger charge is -2.40. The summed E-state index contributed by atoms with van der Waals surface area (Å²) in [6.45, 7) is 6.13. The number of piperidine rings is 1. The van der Waals surface area contributed by atoms with Gasteiger partial charge in [0.15, 0.2) is 0 Å². The monoisotopic (exact) mass is 255 g/mol. The number of nitrogens with zero attached hydrogens (tertiary/aromatic N) is 1. The van der Waals surface area contributed by atoms with Crippen molar-refractivity contribution in [3.8, 4) is 0 Å². The molecule has 1 saturated carbocycles. The summed E-state index contributed by atoms with van der Waals surface area (Å²) in [5, 5.41) is 10.1. The average Bonchev–Trinajstić information content (AvgIpc) is 2.81. The van der Waals surface area contributed by atoms with Crippen molar-refractivity contribution in [2.24, 2.45) is 5.92 Å². The molecule has 2 aliphatic rings. The lowest BCUT2D eigenvalue weighted by atomic mass is 9.88. The number of rotatable bonds is 6. The van der Waals surface area contributed by atoms with Gasteiger partial charge in [-0.2, -0.15) is 0 Å². The molecule has 0 bridgehead atoms. The van der Waals surface area contributed by atoms with Crippen molar-refractivity contribution < 1.29 is 9.84 Å². The van der Waals surface area contributed by atoms with Gasteiger partial charge in [0.05, 0.1) is 12.7 Å². The molecule has 0 aromatic rings. The topological polar surface area (TPSA) is 32.7 Å². The normalized spacial score (nSPS) is 34.0. The van der Waals surface area contributed by atoms with Gasteiger partial charge in [-0.1, -0.05) is 19.8 Å². The number of ether oxygens (including phenoxy) is 1. The van der Waals surface area contributed by atoms with E-state index in [1.165, 1.54) is 38.6 Å². The van der Waals surface area contributed by atoms with Crippen molar-refractivity contribution in [2.75, 3.05) is 26.3 Å². The number of hydrogen-bond donors (Lipinski definition) is 1. The molecule has 1 aliphatic carbocycles. The highest BCUT2D eigenvalue weighted by molar-refractivity contribution is 4.90. The van der Waals surface area contributed by atoms with Gasteiger partial charge in [0.25, 0.3) is 0 Å². The van der Waals surface area contributed by atoms with Gasteiger partial charge in [0.1, 0.15) is 0 Å². The Labute approximate surface area is 112 Å². The van der Waals surface area contributed by atoms with Gasteiger partial charge in [-0.25, -0.2) is 0 Å². The minimum Gasteiger partial charge on any atom is -0.393 e. The van der Waals surface area contributed by atoms with Crippen molar-refractivity contribution in [3.05, 3.63) is 0 Å². The second-order valence-electron chi connectivity index (χ2n) is 5.87. The molecule has 1 saturated heterocycles. The molecule has 2 rings (SSSR count). The highest BCUT2D eigenvalue weighted by atomic mass is 16.5. The van der Waals surface area contributed by atoms with E-state index in [0.29, 0.717) is 12.0 Å². The molecular weight excluding hydrogens is 226 g/mol. The number of aliphatic hydroxyl groups excluding tert-OH is 1. The predicted molar refractivity (Wildman–Crippen MR) is 73.7 cm³/mol. The predicted octanol–water partition coefficient (Wildman–Crippen LogP) is 2.43. The Morgan fingerprint density at radius 1 is 1.11 bits per heavy atom. The van der Waals surface area contributed by atoms with Gasteiger partial charge in [-0.15, -0.1) is 0 Å². The molecule has 1 N–H and O–H groups in total. The Hall–Kier alpha value is -0.120. The largest absolute Gasteiger partial charge is 0.393 e. The van der Waals surface area contributed by atoms with Crippen LogP contribution in [0.1, 0.15) is 51.9 Å². The second-order valence-corrected chi connectivity index (χ2v) is 5.87. The molecule has 1 heterocycles. The SMILES string of the molecule is CCCOCCN1CCCCC1C1CCCC1O. The Kier molecular flexibility index (Phi) is 5.93. The van der Waals surface area contributed by atoms with Gasteiger partial charge in [0.2, 0.25) is 0 Å². The Bertz CT molecular complexity index is 235. The number of hydrogen-bond acceptors (Lipinski definition) is 3. The number of likely N-dealkylation sites (tertiary alicyclic amines) is 1. The molecule has 2 fully saturated rings. The quantitative estimate of drug-likeness (QED) is 0.740. The summed E-state index contributed by atoms with van der Waals surface area (Å²) >= 11 is 0. The zero-order valence-corrected chi connectivity index (χ0v) is 11.8. The molecule has 3 unspecified atom stereocenters. The maximum Gasteiger partial charge on any atom is 0.0593 e. The summed E-state index contributed by atoms with van der Waals surface area (Å²) in [6.07, 6.45) is 8.42. The van der Waals surface area contributed by atoms with E-state index in [1.54, 1.807) is 0 Å². The fourth-order valence-electron chi connectivity index (χ4n) is 3.63. The van der Waals surface area contributed by atoms with Gasteiger partial charge < -0.3 is 9.84 Å². The van der Waals surface area contributed by atoms with Gasteiger partial charge in [-0.05, 0) is 38.6 Å². The molecule has 0 aromatic heterocycles. The molecule has 1 aliphatic heterocycles. The first-order valence-corrected chi connectivity index (χ1v) is 7.82. The third-order valence-electron chi connectivity index (χ3n) is 4.56. The Morgan fingerprint density at radius 2 is 2.00 bits per heavy atom. The minimum atomic E-state index is -0.0489. The van der Waals surface area contributed by atoms with E-state index < -0.39 is 0 Å². The zero-order chi connectivity index (χ0) is 12.8. The molecule has 18 heavy (non-hydrogen) atoms. The van der Waals surface area contributed by atoms with Crippen LogP contribution >= 0.6 is 0 Å². The smallest absolute Gasteiger partial charge is 0.0593 e. The number of aliphatic hydroxyl groups is 1. The lowest BCUT2D eigenvalue weighted by molar-refractivity contribution is 0.0163. The fraction of sp³-hybridized carbons (Fsp3) is 1.00. The van der Waals surface area contributed by atoms with Crippen LogP contribution in [0.4, 0.5) is 0 Å². The van der Waals surface area contributed by atoms with Crippen molar-refractivity contribution >= 4 is 0 Å². The lowest BCUT2D eigenvalue weighted by Crippen LogP contribution is -2.47. The van der Waals surface area contributed by atoms with Gasteiger partial charge >= 0.3 is 0 Å². The second kappa shape index (κ2) is 7.46. The Morgan fingerprint density at radius 3 is 2.72 bits per heavy atom. The molecule has 0 radical (unpaired) electrons. The van der Waals surface area contributed by atoms with Crippen LogP contribution in [0, 0.1) is 5.92 Å². The van der Waals surface area contributed by atoms with Crippen molar-refractivity contribution in [2.45, 2.75) is 64.0 Å². The van der Waals surface area contributed by atoms with Crippen LogP contribution in [0.25, 0.3) is 0 Å². The molecule has 106 valence electrons. The van der Waals surface area contributed by atoms with Crippen LogP contribution in [0.5, 0.6) is 0 Å². The molecule has 0 amide bonds. The molecule has 0 aromatic carbocycles. The van der Waals surface area contributed by atoms with Crippen LogP contribution in [-0.4, -0.2) is 48.5 Å². The highest BCUT2D eigenvalue weighted by Crippen LogP contribution is 2.34. The van der Waals surface area contributed by atoms with Crippen LogP contribution in [0.3, 0.4) is 0 Å². The Balaban J connectivity index is 1.81. The molecule has 3 heteroatoms. The van der Waals surface area contributed by atoms with E-state index in [2.05, 4.69) is 11.8 Å². The van der Waals surface area contributed by atoms with E-state index >= 15 is 0 Å². The summed E-state index contributed by atoms with van der Waals surface area (Å²) < 4.78 is 5.62. The van der Waals surface area contributed by atoms with Crippen molar-refractivity contribution in [3.63, 3.8) is 0 Å². The maximum absolute atomic E-state index is 10.1. The summed E-state index contributed by atoms with van der Waals surface area (Å²) in [5.41, 5.74) is 0. The van der Waals surface area contributed by atoms with Gasteiger partial charge in [0, 0.05) is 25.1 Å². The van der Waals surface area contributed by atoms with E-state index in [-0.39, 0.29) is 6.10 Å². The average molecular weight is 255 g/mol. The highest BCUT2D eigenvalue weighted by Gasteiger charge is 2.36. The summed E-state index contributed by atoms with van der Waals surface area (Å²) in [7, 11) is 0. The van der Waals surface area contributed by atoms with E-state index in [9.17, 15) is 5.11 Å². The third kappa shape index (κ3) is 3.69. The summed E-state index contributed by atoms with van der Waals surface area (Å²) in [5.74, 6) is 0.525. The first-order valence-electron chi connectivity index (χ1n) is 7.82. The van der Waals surface area contributed by atoms with Gasteiger partial charge in [-0.3, -0.25) is 4.90 Å². The molecular formula is C15H29NO2. The van der Waals surface area contributed by atoms with Crippen LogP contribution < -0.4 is 0 Å². The zero-order valence-electron chi connectivity index (χ0n) is 11.8. The van der Waals surface area contributed by atoms with E-state index in [1.807, 2.05) is 0 Å². The summed E-state index contributed by atoms with van der Waals surface area (Å²) in [4.78, 5) is 2.58. The van der Waals surface area contributed by atoms with Crippen LogP contribution in [-0.2, 0) is 4.74 Å². The maximum atomic E-state index is 10.1.